The highest BCUT2D eigenvalue weighted by atomic mass is 32.2. The first kappa shape index (κ1) is 15.0. The maximum atomic E-state index is 12.1. The number of nitro benzene ring substituents is 1. The molecule has 1 aromatic rings. The van der Waals surface area contributed by atoms with Gasteiger partial charge in [-0.15, -0.1) is 0 Å². The Kier molecular flexibility index (Phi) is 4.12. The quantitative estimate of drug-likeness (QED) is 0.365. The molecule has 0 bridgehead atoms. The van der Waals surface area contributed by atoms with Crippen LogP contribution in [0.3, 0.4) is 0 Å². The zero-order chi connectivity index (χ0) is 15.7. The monoisotopic (exact) mass is 321 g/mol. The first-order valence-electron chi connectivity index (χ1n) is 6.92. The largest absolute Gasteiger partial charge is 0.421 e. The molecule has 22 heavy (non-hydrogen) atoms. The average Bonchev–Trinajstić information content (AvgIpc) is 2.91. The van der Waals surface area contributed by atoms with Crippen LogP contribution in [0.5, 0.6) is 5.75 Å². The zero-order valence-corrected chi connectivity index (χ0v) is 12.8. The van der Waals surface area contributed by atoms with Crippen molar-refractivity contribution in [2.45, 2.75) is 17.7 Å². The van der Waals surface area contributed by atoms with E-state index in [0.717, 1.165) is 19.5 Å². The Morgan fingerprint density at radius 2 is 2.18 bits per heavy atom. The predicted octanol–water partition coefficient (Wildman–Crippen LogP) is 1.72. The molecule has 2 aliphatic heterocycles. The fourth-order valence-electron chi connectivity index (χ4n) is 2.53. The van der Waals surface area contributed by atoms with E-state index in [1.54, 1.807) is 0 Å². The van der Waals surface area contributed by atoms with Gasteiger partial charge >= 0.3 is 5.97 Å². The highest BCUT2D eigenvalue weighted by molar-refractivity contribution is 8.16. The molecule has 2 aliphatic rings. The van der Waals surface area contributed by atoms with E-state index in [2.05, 4.69) is 16.9 Å². The van der Waals surface area contributed by atoms with Crippen molar-refractivity contribution in [1.82, 2.24) is 4.90 Å². The number of nitro groups is 1. The third-order valence-corrected chi connectivity index (χ3v) is 4.97. The van der Waals surface area contributed by atoms with Gasteiger partial charge in [0.15, 0.2) is 5.04 Å². The number of thioether (sulfide) groups is 1. The molecule has 7 nitrogen and oxygen atoms in total. The van der Waals surface area contributed by atoms with Gasteiger partial charge in [-0.2, -0.15) is 0 Å². The molecule has 1 fully saturated rings. The maximum absolute atomic E-state index is 12.1. The van der Waals surface area contributed by atoms with Gasteiger partial charge in [-0.3, -0.25) is 15.1 Å². The van der Waals surface area contributed by atoms with Crippen LogP contribution in [0.1, 0.15) is 6.42 Å². The predicted molar refractivity (Wildman–Crippen MR) is 83.4 cm³/mol. The number of carbonyl (C=O) groups is 1. The average molecular weight is 321 g/mol. The van der Waals surface area contributed by atoms with Crippen molar-refractivity contribution in [1.29, 1.82) is 0 Å². The second kappa shape index (κ2) is 6.05. The first-order valence-corrected chi connectivity index (χ1v) is 7.80. The molecule has 0 spiro atoms. The van der Waals surface area contributed by atoms with Gasteiger partial charge in [0.05, 0.1) is 11.0 Å². The third kappa shape index (κ3) is 3.12. The number of benzene rings is 1. The first-order chi connectivity index (χ1) is 10.5. The van der Waals surface area contributed by atoms with E-state index in [9.17, 15) is 14.9 Å². The van der Waals surface area contributed by atoms with Crippen LogP contribution in [-0.2, 0) is 4.79 Å². The number of piperidine rings is 1. The molecule has 2 heterocycles. The number of fused-ring (bicyclic) bond motifs is 1. The second-order valence-electron chi connectivity index (χ2n) is 5.35. The van der Waals surface area contributed by atoms with Gasteiger partial charge in [0.2, 0.25) is 0 Å². The molecule has 0 amide bonds. The summed E-state index contributed by atoms with van der Waals surface area (Å²) in [5, 5.41) is 11.3. The second-order valence-corrected chi connectivity index (χ2v) is 6.58. The van der Waals surface area contributed by atoms with E-state index >= 15 is 0 Å². The fraction of sp³-hybridized carbons (Fsp3) is 0.429. The molecule has 116 valence electrons. The maximum Gasteiger partial charge on any atom is 0.368 e. The molecule has 0 N–H and O–H groups in total. The number of ether oxygens (including phenoxy) is 1. The SMILES string of the molecule is CN1CCC2N=C(C(=O)Oc3ccc([N+](=O)[O-])cc3)SC2C1. The Hall–Kier alpha value is -1.93. The Labute approximate surface area is 131 Å². The Bertz CT molecular complexity index is 631. The fourth-order valence-corrected chi connectivity index (χ4v) is 3.84. The van der Waals surface area contributed by atoms with Crippen molar-refractivity contribution in [3.05, 3.63) is 34.4 Å². The van der Waals surface area contributed by atoms with Crippen LogP contribution < -0.4 is 4.74 Å². The van der Waals surface area contributed by atoms with Gasteiger partial charge in [-0.1, -0.05) is 11.8 Å². The number of carbonyl (C=O) groups excluding carboxylic acids is 1. The lowest BCUT2D eigenvalue weighted by Gasteiger charge is -2.30. The molecule has 0 aromatic heterocycles. The molecule has 2 unspecified atom stereocenters. The summed E-state index contributed by atoms with van der Waals surface area (Å²) in [6.45, 7) is 1.89. The van der Waals surface area contributed by atoms with Crippen molar-refractivity contribution in [2.24, 2.45) is 4.99 Å². The molecule has 3 rings (SSSR count). The van der Waals surface area contributed by atoms with Crippen LogP contribution in [0.4, 0.5) is 5.69 Å². The van der Waals surface area contributed by atoms with Crippen LogP contribution in [0, 0.1) is 10.1 Å². The third-order valence-electron chi connectivity index (χ3n) is 3.71. The van der Waals surface area contributed by atoms with Gasteiger partial charge in [-0.25, -0.2) is 4.79 Å². The van der Waals surface area contributed by atoms with Crippen molar-refractivity contribution >= 4 is 28.5 Å². The molecule has 0 aliphatic carbocycles. The van der Waals surface area contributed by atoms with Crippen molar-refractivity contribution in [3.8, 4) is 5.75 Å². The smallest absolute Gasteiger partial charge is 0.368 e. The van der Waals surface area contributed by atoms with Gasteiger partial charge < -0.3 is 9.64 Å². The van der Waals surface area contributed by atoms with E-state index in [4.69, 9.17) is 4.74 Å². The summed E-state index contributed by atoms with van der Waals surface area (Å²) in [6.07, 6.45) is 0.947. The van der Waals surface area contributed by atoms with Gasteiger partial charge in [-0.05, 0) is 32.1 Å². The molecule has 2 atom stereocenters. The number of esters is 1. The molecule has 1 aromatic carbocycles. The number of nitrogens with zero attached hydrogens (tertiary/aromatic N) is 3. The van der Waals surface area contributed by atoms with E-state index in [1.165, 1.54) is 36.0 Å². The minimum Gasteiger partial charge on any atom is -0.421 e. The summed E-state index contributed by atoms with van der Waals surface area (Å²) in [5.41, 5.74) is -0.0403. The van der Waals surface area contributed by atoms with Crippen LogP contribution in [0.15, 0.2) is 29.3 Å². The van der Waals surface area contributed by atoms with Crippen molar-refractivity contribution < 1.29 is 14.5 Å². The minimum atomic E-state index is -0.496. The number of likely N-dealkylation sites (tertiary alicyclic amines) is 1. The van der Waals surface area contributed by atoms with Crippen LogP contribution >= 0.6 is 11.8 Å². The van der Waals surface area contributed by atoms with Crippen LogP contribution in [0.25, 0.3) is 0 Å². The molecule has 8 heteroatoms. The summed E-state index contributed by atoms with van der Waals surface area (Å²) in [4.78, 5) is 28.9. The Balaban J connectivity index is 1.64. The van der Waals surface area contributed by atoms with E-state index in [0.29, 0.717) is 10.3 Å². The van der Waals surface area contributed by atoms with Gasteiger partial charge in [0.25, 0.3) is 5.69 Å². The van der Waals surface area contributed by atoms with Crippen LogP contribution in [0.2, 0.25) is 0 Å². The van der Waals surface area contributed by atoms with Crippen LogP contribution in [-0.4, -0.2) is 52.3 Å². The number of hydrogen-bond donors (Lipinski definition) is 0. The molecular weight excluding hydrogens is 306 g/mol. The van der Waals surface area contributed by atoms with Gasteiger partial charge in [0, 0.05) is 23.9 Å². The number of rotatable bonds is 3. The molecule has 0 saturated carbocycles. The highest BCUT2D eigenvalue weighted by Gasteiger charge is 2.37. The van der Waals surface area contributed by atoms with E-state index in [1.807, 2.05) is 0 Å². The number of hydrogen-bond acceptors (Lipinski definition) is 7. The lowest BCUT2D eigenvalue weighted by atomic mass is 10.1. The number of aliphatic imine (C=N–C) groups is 1. The number of non-ortho nitro benzene ring substituents is 1. The molecular formula is C14H15N3O4S. The van der Waals surface area contributed by atoms with E-state index < -0.39 is 10.9 Å². The lowest BCUT2D eigenvalue weighted by molar-refractivity contribution is -0.384. The van der Waals surface area contributed by atoms with Crippen molar-refractivity contribution in [2.75, 3.05) is 20.1 Å². The topological polar surface area (TPSA) is 85.0 Å². The lowest BCUT2D eigenvalue weighted by Crippen LogP contribution is -2.40. The van der Waals surface area contributed by atoms with Gasteiger partial charge in [0.1, 0.15) is 5.75 Å². The normalized spacial score (nSPS) is 24.5. The summed E-state index contributed by atoms with van der Waals surface area (Å²) in [6, 6.07) is 5.62. The van der Waals surface area contributed by atoms with Crippen molar-refractivity contribution in [3.63, 3.8) is 0 Å². The summed E-state index contributed by atoms with van der Waals surface area (Å²) < 4.78 is 5.24. The Morgan fingerprint density at radius 3 is 2.86 bits per heavy atom. The summed E-state index contributed by atoms with van der Waals surface area (Å²) in [7, 11) is 2.06. The summed E-state index contributed by atoms with van der Waals surface area (Å²) in [5.74, 6) is -0.207. The minimum absolute atomic E-state index is 0.0403. The van der Waals surface area contributed by atoms with E-state index in [-0.39, 0.29) is 17.5 Å². The Morgan fingerprint density at radius 1 is 1.45 bits per heavy atom. The zero-order valence-electron chi connectivity index (χ0n) is 12.0. The molecule has 1 saturated heterocycles. The highest BCUT2D eigenvalue weighted by Crippen LogP contribution is 2.33. The standard InChI is InChI=1S/C14H15N3O4S/c1-16-7-6-11-12(8-16)22-13(15-11)14(18)21-10-4-2-9(3-5-10)17(19)20/h2-5,11-12H,6-8H2,1H3. The molecule has 0 radical (unpaired) electrons. The summed E-state index contributed by atoms with van der Waals surface area (Å²) >= 11 is 1.46.